The van der Waals surface area contributed by atoms with E-state index in [1.165, 1.54) is 24.6 Å². The summed E-state index contributed by atoms with van der Waals surface area (Å²) in [6.45, 7) is 4.86. The second-order valence-corrected chi connectivity index (χ2v) is 8.17. The van der Waals surface area contributed by atoms with Gasteiger partial charge >= 0.3 is 0 Å². The summed E-state index contributed by atoms with van der Waals surface area (Å²) in [6.07, 6.45) is 6.08. The van der Waals surface area contributed by atoms with Gasteiger partial charge in [0.25, 0.3) is 5.24 Å². The molecule has 2 atom stereocenters. The number of hydrogen-bond donors (Lipinski definition) is 1. The van der Waals surface area contributed by atoms with E-state index in [0.29, 0.717) is 6.42 Å². The van der Waals surface area contributed by atoms with E-state index in [1.54, 1.807) is 6.08 Å². The number of furan rings is 1. The molecule has 0 spiro atoms. The number of aryl methyl sites for hydroxylation is 1. The largest absolute Gasteiger partial charge is 0.466 e. The summed E-state index contributed by atoms with van der Waals surface area (Å²) in [4.78, 5) is 13.9. The van der Waals surface area contributed by atoms with E-state index in [4.69, 9.17) is 4.42 Å². The first-order chi connectivity index (χ1) is 11.6. The number of amides is 1. The van der Waals surface area contributed by atoms with E-state index in [-0.39, 0.29) is 11.3 Å². The van der Waals surface area contributed by atoms with Crippen molar-refractivity contribution in [3.05, 3.63) is 35.8 Å². The van der Waals surface area contributed by atoms with Crippen LogP contribution in [0.2, 0.25) is 0 Å². The van der Waals surface area contributed by atoms with E-state index in [0.717, 1.165) is 35.3 Å². The maximum absolute atomic E-state index is 12.0. The van der Waals surface area contributed by atoms with Gasteiger partial charge in [-0.1, -0.05) is 37.3 Å². The van der Waals surface area contributed by atoms with Gasteiger partial charge in [0.05, 0.1) is 12.1 Å². The molecule has 0 radical (unpaired) electrons. The van der Waals surface area contributed by atoms with Crippen LogP contribution in [0.5, 0.6) is 0 Å². The number of hydrogen-bond acceptors (Lipinski definition) is 5. The third-order valence-corrected chi connectivity index (χ3v) is 5.93. The summed E-state index contributed by atoms with van der Waals surface area (Å²) in [5.74, 6) is 4.54. The average Bonchev–Trinajstić information content (AvgIpc) is 3.11. The quantitative estimate of drug-likeness (QED) is 0.497. The van der Waals surface area contributed by atoms with Gasteiger partial charge in [-0.3, -0.25) is 4.79 Å². The normalized spacial score (nSPS) is 19.5. The molecule has 1 aromatic rings. The zero-order chi connectivity index (χ0) is 17.4. The Morgan fingerprint density at radius 2 is 2.33 bits per heavy atom. The van der Waals surface area contributed by atoms with Crippen molar-refractivity contribution in [2.45, 2.75) is 45.3 Å². The lowest BCUT2D eigenvalue weighted by Crippen LogP contribution is -2.34. The van der Waals surface area contributed by atoms with Gasteiger partial charge in [0.1, 0.15) is 11.5 Å². The minimum atomic E-state index is -0.586. The van der Waals surface area contributed by atoms with Gasteiger partial charge in [-0.25, -0.2) is 0 Å². The lowest BCUT2D eigenvalue weighted by molar-refractivity contribution is 0.210. The Bertz CT molecular complexity index is 544. The van der Waals surface area contributed by atoms with Crippen molar-refractivity contribution in [2.75, 3.05) is 23.8 Å². The maximum atomic E-state index is 12.0. The summed E-state index contributed by atoms with van der Waals surface area (Å²) >= 11 is 3.28. The fourth-order valence-electron chi connectivity index (χ4n) is 2.52. The molecule has 0 unspecified atom stereocenters. The van der Waals surface area contributed by atoms with Crippen molar-refractivity contribution < 1.29 is 14.3 Å². The van der Waals surface area contributed by atoms with E-state index < -0.39 is 6.10 Å². The summed E-state index contributed by atoms with van der Waals surface area (Å²) in [5.41, 5.74) is 0. The van der Waals surface area contributed by atoms with Gasteiger partial charge < -0.3 is 14.4 Å². The number of rotatable bonds is 10. The molecule has 4 nitrogen and oxygen atoms in total. The first-order valence-electron chi connectivity index (χ1n) is 8.53. The van der Waals surface area contributed by atoms with Crippen LogP contribution in [-0.2, 0) is 6.42 Å². The minimum absolute atomic E-state index is 0.0854. The highest BCUT2D eigenvalue weighted by molar-refractivity contribution is 8.13. The monoisotopic (exact) mass is 369 g/mol. The molecule has 0 bridgehead atoms. The second kappa shape index (κ2) is 10.2. The molecule has 1 saturated heterocycles. The van der Waals surface area contributed by atoms with Gasteiger partial charge in [0.15, 0.2) is 0 Å². The Morgan fingerprint density at radius 3 is 3.04 bits per heavy atom. The molecule has 0 aliphatic carbocycles. The Morgan fingerprint density at radius 1 is 1.50 bits per heavy atom. The smallest absolute Gasteiger partial charge is 0.282 e. The van der Waals surface area contributed by atoms with E-state index in [1.807, 2.05) is 41.8 Å². The zero-order valence-corrected chi connectivity index (χ0v) is 16.1. The molecule has 134 valence electrons. The molecule has 1 amide bonds. The van der Waals surface area contributed by atoms with Crippen LogP contribution in [0, 0.1) is 6.92 Å². The van der Waals surface area contributed by atoms with Gasteiger partial charge in [-0.05, 0) is 31.2 Å². The molecule has 24 heavy (non-hydrogen) atoms. The molecule has 1 aliphatic heterocycles. The summed E-state index contributed by atoms with van der Waals surface area (Å²) in [6, 6.07) is 3.87. The number of carbonyl (C=O) groups excluding carboxylic acids is 1. The molecule has 2 rings (SSSR count). The van der Waals surface area contributed by atoms with E-state index in [2.05, 4.69) is 6.92 Å². The van der Waals surface area contributed by atoms with Gasteiger partial charge in [0.2, 0.25) is 0 Å². The number of aliphatic hydroxyl groups excluding tert-OH is 1. The van der Waals surface area contributed by atoms with Crippen LogP contribution in [0.25, 0.3) is 0 Å². The highest BCUT2D eigenvalue weighted by Crippen LogP contribution is 2.25. The molecule has 0 aromatic carbocycles. The zero-order valence-electron chi connectivity index (χ0n) is 14.4. The topological polar surface area (TPSA) is 53.7 Å². The van der Waals surface area contributed by atoms with Crippen molar-refractivity contribution in [1.82, 2.24) is 4.90 Å². The molecular formula is C18H27NO3S2. The van der Waals surface area contributed by atoms with Crippen LogP contribution >= 0.6 is 23.5 Å². The lowest BCUT2D eigenvalue weighted by Gasteiger charge is -2.21. The second-order valence-electron chi connectivity index (χ2n) is 5.97. The molecule has 2 heterocycles. The van der Waals surface area contributed by atoms with Crippen LogP contribution in [-0.4, -0.2) is 51.2 Å². The van der Waals surface area contributed by atoms with Crippen LogP contribution in [0.4, 0.5) is 4.79 Å². The Balaban J connectivity index is 1.79. The Kier molecular flexibility index (Phi) is 8.29. The van der Waals surface area contributed by atoms with Crippen LogP contribution < -0.4 is 0 Å². The predicted molar refractivity (Wildman–Crippen MR) is 103 cm³/mol. The Hall–Kier alpha value is -0.850. The fraction of sp³-hybridized carbons (Fsp3) is 0.611. The van der Waals surface area contributed by atoms with E-state index >= 15 is 0 Å². The van der Waals surface area contributed by atoms with Gasteiger partial charge in [-0.15, -0.1) is 0 Å². The summed E-state index contributed by atoms with van der Waals surface area (Å²) in [5, 5.41) is 10.3. The summed E-state index contributed by atoms with van der Waals surface area (Å²) in [7, 11) is 0. The van der Waals surface area contributed by atoms with Crippen LogP contribution in [0.1, 0.15) is 31.3 Å². The highest BCUT2D eigenvalue weighted by Gasteiger charge is 2.29. The lowest BCUT2D eigenvalue weighted by atomic mass is 10.1. The first-order valence-corrected chi connectivity index (χ1v) is 10.7. The molecule has 6 heteroatoms. The molecule has 1 N–H and O–H groups in total. The average molecular weight is 370 g/mol. The molecule has 1 aliphatic rings. The van der Waals surface area contributed by atoms with Gasteiger partial charge in [0, 0.05) is 24.5 Å². The Labute approximate surface area is 153 Å². The van der Waals surface area contributed by atoms with Crippen LogP contribution in [0.3, 0.4) is 0 Å². The third-order valence-electron chi connectivity index (χ3n) is 3.89. The standard InChI is InChI=1S/C18H27NO3S2/c1-3-4-10-23-11-9-19-15(13-24-18(19)21)6-7-16(20)12-17-8-5-14(2)22-17/h5-8,15-16,20H,3-4,9-13H2,1-2H3/b7-6+/t15-,16+/m0/s1. The van der Waals surface area contributed by atoms with Crippen molar-refractivity contribution in [3.63, 3.8) is 0 Å². The SMILES string of the molecule is CCCCSCCN1C(=O)SC[C@@H]1/C=C/[C@@H](O)Cc1ccc(C)o1. The van der Waals surface area contributed by atoms with E-state index in [9.17, 15) is 9.90 Å². The highest BCUT2D eigenvalue weighted by atomic mass is 32.2. The van der Waals surface area contributed by atoms with Crippen molar-refractivity contribution in [3.8, 4) is 0 Å². The van der Waals surface area contributed by atoms with Gasteiger partial charge in [-0.2, -0.15) is 11.8 Å². The number of unbranched alkanes of at least 4 members (excludes halogenated alkanes) is 1. The first kappa shape index (κ1) is 19.5. The van der Waals surface area contributed by atoms with Crippen molar-refractivity contribution in [2.24, 2.45) is 0 Å². The molecule has 0 saturated carbocycles. The number of nitrogens with zero attached hydrogens (tertiary/aromatic N) is 1. The molecule has 1 aromatic heterocycles. The van der Waals surface area contributed by atoms with Crippen molar-refractivity contribution >= 4 is 28.8 Å². The minimum Gasteiger partial charge on any atom is -0.466 e. The molecule has 1 fully saturated rings. The number of thioether (sulfide) groups is 2. The third kappa shape index (κ3) is 6.22. The molecular weight excluding hydrogens is 342 g/mol. The van der Waals surface area contributed by atoms with Crippen LogP contribution in [0.15, 0.2) is 28.7 Å². The summed E-state index contributed by atoms with van der Waals surface area (Å²) < 4.78 is 5.48. The maximum Gasteiger partial charge on any atom is 0.282 e. The fourth-order valence-corrected chi connectivity index (χ4v) is 4.54. The number of carbonyl (C=O) groups is 1. The number of aliphatic hydroxyl groups is 1. The van der Waals surface area contributed by atoms with Crippen molar-refractivity contribution in [1.29, 1.82) is 0 Å². The predicted octanol–water partition coefficient (Wildman–Crippen LogP) is 4.12.